The number of rotatable bonds is 7. The molecule has 4 fully saturated rings. The van der Waals surface area contributed by atoms with Crippen molar-refractivity contribution in [3.05, 3.63) is 24.3 Å². The van der Waals surface area contributed by atoms with E-state index in [9.17, 15) is 24.0 Å². The molecule has 2 aliphatic heterocycles. The average molecular weight is 579 g/mol. The summed E-state index contributed by atoms with van der Waals surface area (Å²) < 4.78 is 40.5. The molecular weight excluding hydrogens is 540 g/mol. The van der Waals surface area contributed by atoms with Crippen molar-refractivity contribution in [2.45, 2.75) is 103 Å². The quantitative estimate of drug-likeness (QED) is 0.189. The predicted molar refractivity (Wildman–Crippen MR) is 139 cm³/mol. The Balaban J connectivity index is 1.72. The van der Waals surface area contributed by atoms with Crippen molar-refractivity contribution >= 4 is 29.8 Å². The maximum absolute atomic E-state index is 12.4. The van der Waals surface area contributed by atoms with Crippen molar-refractivity contribution in [1.29, 1.82) is 0 Å². The Bertz CT molecular complexity index is 1130. The summed E-state index contributed by atoms with van der Waals surface area (Å²) in [6.07, 6.45) is -4.33. The molecule has 2 saturated heterocycles. The molecule has 0 radical (unpaired) electrons. The summed E-state index contributed by atoms with van der Waals surface area (Å²) in [6.45, 7) is 14.5. The van der Waals surface area contributed by atoms with E-state index in [4.69, 9.17) is 33.2 Å². The highest BCUT2D eigenvalue weighted by molar-refractivity contribution is 5.91. The molecule has 10 atom stereocenters. The third-order valence-corrected chi connectivity index (χ3v) is 8.45. The molecule has 0 bridgehead atoms. The Morgan fingerprint density at radius 1 is 0.902 bits per heavy atom. The largest absolute Gasteiger partial charge is 0.463 e. The van der Waals surface area contributed by atoms with Gasteiger partial charge in [-0.25, -0.2) is 4.79 Å². The fourth-order valence-corrected chi connectivity index (χ4v) is 6.73. The van der Waals surface area contributed by atoms with E-state index in [1.165, 1.54) is 13.8 Å². The van der Waals surface area contributed by atoms with Crippen LogP contribution in [0, 0.1) is 17.8 Å². The summed E-state index contributed by atoms with van der Waals surface area (Å²) in [6, 6.07) is 0. The Morgan fingerprint density at radius 2 is 1.51 bits per heavy atom. The van der Waals surface area contributed by atoms with E-state index in [1.807, 2.05) is 6.92 Å². The molecule has 2 heterocycles. The zero-order valence-electron chi connectivity index (χ0n) is 24.0. The Hall–Kier alpha value is -3.25. The highest BCUT2D eigenvalue weighted by atomic mass is 16.7. The predicted octanol–water partition coefficient (Wildman–Crippen LogP) is 2.32. The molecule has 12 heteroatoms. The standard InChI is InChI=1S/C29H38O12/c1-13-8-9-20-22(13)23-19(14(2)27(34)40-23)10-11-29(20,7)41-28-26(38-18(6)33)25(37-17(5)32)24(36-16(4)31)21(39-28)12-35-15(3)30/h19-26,28H,1-2,8-12H2,3-7H3. The van der Waals surface area contributed by atoms with Gasteiger partial charge in [0, 0.05) is 45.1 Å². The lowest BCUT2D eigenvalue weighted by molar-refractivity contribution is -0.335. The van der Waals surface area contributed by atoms with Crippen LogP contribution in [-0.4, -0.2) is 78.9 Å². The highest BCUT2D eigenvalue weighted by Crippen LogP contribution is 2.55. The van der Waals surface area contributed by atoms with Crippen LogP contribution >= 0.6 is 0 Å². The number of carbonyl (C=O) groups excluding carboxylic acids is 5. The maximum Gasteiger partial charge on any atom is 0.334 e. The van der Waals surface area contributed by atoms with Gasteiger partial charge in [0.1, 0.15) is 18.8 Å². The van der Waals surface area contributed by atoms with Gasteiger partial charge in [-0.05, 0) is 38.5 Å². The van der Waals surface area contributed by atoms with Crippen LogP contribution in [0.2, 0.25) is 0 Å². The normalized spacial score (nSPS) is 38.2. The molecule has 226 valence electrons. The van der Waals surface area contributed by atoms with Gasteiger partial charge in [-0.1, -0.05) is 18.7 Å². The molecule has 0 aromatic heterocycles. The minimum atomic E-state index is -1.33. The van der Waals surface area contributed by atoms with Crippen LogP contribution < -0.4 is 0 Å². The summed E-state index contributed by atoms with van der Waals surface area (Å²) >= 11 is 0. The first kappa shape index (κ1) is 30.7. The van der Waals surface area contributed by atoms with Crippen molar-refractivity contribution < 1.29 is 57.1 Å². The number of fused-ring (bicyclic) bond motifs is 3. The van der Waals surface area contributed by atoms with Crippen LogP contribution in [0.1, 0.15) is 60.3 Å². The van der Waals surface area contributed by atoms with Crippen LogP contribution in [0.25, 0.3) is 0 Å². The van der Waals surface area contributed by atoms with Gasteiger partial charge in [0.25, 0.3) is 0 Å². The van der Waals surface area contributed by atoms with Crippen LogP contribution in [-0.2, 0) is 57.1 Å². The lowest BCUT2D eigenvalue weighted by atomic mass is 9.77. The molecule has 0 N–H and O–H groups in total. The SMILES string of the molecule is C=C1C(=O)OC2C1CCC(C)(OC1OC(COC(C)=O)C(OC(C)=O)C(OC(C)=O)C1OC(C)=O)C1CCC(=C)C21. The minimum Gasteiger partial charge on any atom is -0.463 e. The van der Waals surface area contributed by atoms with Gasteiger partial charge in [0.05, 0.1) is 5.60 Å². The lowest BCUT2D eigenvalue weighted by Gasteiger charge is -2.48. The zero-order chi connectivity index (χ0) is 30.2. The van der Waals surface area contributed by atoms with E-state index in [0.717, 1.165) is 19.4 Å². The number of ether oxygens (including phenoxy) is 7. The third-order valence-electron chi connectivity index (χ3n) is 8.45. The van der Waals surface area contributed by atoms with Crippen molar-refractivity contribution in [2.24, 2.45) is 17.8 Å². The molecule has 4 rings (SSSR count). The summed E-state index contributed by atoms with van der Waals surface area (Å²) in [7, 11) is 0. The molecule has 2 saturated carbocycles. The molecule has 12 nitrogen and oxygen atoms in total. The smallest absolute Gasteiger partial charge is 0.334 e. The van der Waals surface area contributed by atoms with E-state index in [0.29, 0.717) is 31.3 Å². The lowest BCUT2D eigenvalue weighted by Crippen LogP contribution is -2.64. The van der Waals surface area contributed by atoms with Gasteiger partial charge < -0.3 is 33.2 Å². The van der Waals surface area contributed by atoms with E-state index >= 15 is 0 Å². The summed E-state index contributed by atoms with van der Waals surface area (Å²) in [4.78, 5) is 60.5. The van der Waals surface area contributed by atoms with Crippen molar-refractivity contribution in [1.82, 2.24) is 0 Å². The molecule has 2 aliphatic carbocycles. The van der Waals surface area contributed by atoms with E-state index < -0.39 is 72.3 Å². The topological polar surface area (TPSA) is 150 Å². The number of hydrogen-bond donors (Lipinski definition) is 0. The van der Waals surface area contributed by atoms with Crippen LogP contribution in [0.5, 0.6) is 0 Å². The second-order valence-corrected chi connectivity index (χ2v) is 11.4. The first-order chi connectivity index (χ1) is 19.2. The van der Waals surface area contributed by atoms with Gasteiger partial charge in [-0.3, -0.25) is 19.2 Å². The molecule has 0 aromatic rings. The summed E-state index contributed by atoms with van der Waals surface area (Å²) in [5, 5.41) is 0. The second kappa shape index (κ2) is 11.9. The van der Waals surface area contributed by atoms with E-state index in [2.05, 4.69) is 13.2 Å². The van der Waals surface area contributed by atoms with Gasteiger partial charge in [0.15, 0.2) is 24.6 Å². The van der Waals surface area contributed by atoms with Gasteiger partial charge >= 0.3 is 29.8 Å². The van der Waals surface area contributed by atoms with Crippen LogP contribution in [0.4, 0.5) is 0 Å². The van der Waals surface area contributed by atoms with Crippen LogP contribution in [0.15, 0.2) is 24.3 Å². The summed E-state index contributed by atoms with van der Waals surface area (Å²) in [5.41, 5.74) is 0.473. The van der Waals surface area contributed by atoms with Crippen molar-refractivity contribution in [3.8, 4) is 0 Å². The van der Waals surface area contributed by atoms with Crippen LogP contribution in [0.3, 0.4) is 0 Å². The molecule has 0 amide bonds. The molecule has 4 aliphatic rings. The minimum absolute atomic E-state index is 0.143. The molecule has 41 heavy (non-hydrogen) atoms. The molecule has 10 unspecified atom stereocenters. The first-order valence-electron chi connectivity index (χ1n) is 13.8. The third kappa shape index (κ3) is 6.33. The fourth-order valence-electron chi connectivity index (χ4n) is 6.73. The second-order valence-electron chi connectivity index (χ2n) is 11.4. The van der Waals surface area contributed by atoms with Gasteiger partial charge in [0.2, 0.25) is 0 Å². The van der Waals surface area contributed by atoms with Gasteiger partial charge in [-0.2, -0.15) is 0 Å². The maximum atomic E-state index is 12.4. The van der Waals surface area contributed by atoms with Crippen molar-refractivity contribution in [2.75, 3.05) is 6.61 Å². The number of carbonyl (C=O) groups is 5. The fraction of sp³-hybridized carbons (Fsp3) is 0.690. The summed E-state index contributed by atoms with van der Waals surface area (Å²) in [5.74, 6) is -3.69. The van der Waals surface area contributed by atoms with Crippen molar-refractivity contribution in [3.63, 3.8) is 0 Å². The van der Waals surface area contributed by atoms with Gasteiger partial charge in [-0.15, -0.1) is 0 Å². The Morgan fingerprint density at radius 3 is 2.12 bits per heavy atom. The monoisotopic (exact) mass is 578 g/mol. The molecular formula is C29H38O12. The highest BCUT2D eigenvalue weighted by Gasteiger charge is 2.59. The first-order valence-corrected chi connectivity index (χ1v) is 13.8. The van der Waals surface area contributed by atoms with E-state index in [1.54, 1.807) is 0 Å². The van der Waals surface area contributed by atoms with E-state index in [-0.39, 0.29) is 24.4 Å². The zero-order valence-corrected chi connectivity index (χ0v) is 24.0. The number of esters is 5. The Kier molecular flexibility index (Phi) is 8.93. The molecule has 0 spiro atoms. The molecule has 0 aromatic carbocycles. The average Bonchev–Trinajstić information content (AvgIpc) is 3.34. The number of hydrogen-bond acceptors (Lipinski definition) is 12. The Labute approximate surface area is 238 Å².